The average Bonchev–Trinajstić information content (AvgIpc) is 2.96. The minimum Gasteiger partial charge on any atom is -0.488 e. The Morgan fingerprint density at radius 1 is 1.00 bits per heavy atom. The number of nitro groups is 1. The van der Waals surface area contributed by atoms with Gasteiger partial charge in [-0.15, -0.1) is 0 Å². The van der Waals surface area contributed by atoms with E-state index in [0.717, 1.165) is 26.8 Å². The molecular weight excluding hydrogens is 605 g/mol. The van der Waals surface area contributed by atoms with Gasteiger partial charge < -0.3 is 4.74 Å². The molecule has 0 aliphatic rings. The minimum atomic E-state index is -4.62. The number of alkyl halides is 3. The molecule has 0 N–H and O–H groups in total. The van der Waals surface area contributed by atoms with Crippen molar-refractivity contribution in [3.63, 3.8) is 0 Å². The van der Waals surface area contributed by atoms with Crippen LogP contribution in [0.25, 0.3) is 22.3 Å². The van der Waals surface area contributed by atoms with Crippen LogP contribution in [0.2, 0.25) is 0 Å². The van der Waals surface area contributed by atoms with Gasteiger partial charge in [0.2, 0.25) is 0 Å². The van der Waals surface area contributed by atoms with Crippen molar-refractivity contribution >= 4 is 38.7 Å². The Balaban J connectivity index is 1.62. The van der Waals surface area contributed by atoms with Gasteiger partial charge in [0.05, 0.1) is 27.6 Å². The number of non-ortho nitro benzene ring substituents is 1. The predicted molar refractivity (Wildman–Crippen MR) is 151 cm³/mol. The molecule has 0 fully saturated rings. The maximum absolute atomic E-state index is 13.5. The van der Waals surface area contributed by atoms with Crippen LogP contribution in [0.1, 0.15) is 16.7 Å². The first-order valence-electron chi connectivity index (χ1n) is 12.0. The summed E-state index contributed by atoms with van der Waals surface area (Å²) >= 11 is 3.36. The quantitative estimate of drug-likeness (QED) is 0.108. The van der Waals surface area contributed by atoms with Crippen molar-refractivity contribution in [1.29, 1.82) is 0 Å². The number of ether oxygens (including phenoxy) is 1. The van der Waals surface area contributed by atoms with Crippen molar-refractivity contribution in [2.75, 3.05) is 0 Å². The van der Waals surface area contributed by atoms with Crippen LogP contribution < -0.4 is 10.3 Å². The molecule has 0 radical (unpaired) electrons. The molecule has 0 bridgehead atoms. The van der Waals surface area contributed by atoms with Crippen LogP contribution in [0.5, 0.6) is 5.75 Å². The SMILES string of the molecule is O=c1c2ccccc2nc(-c2cccc(C(F)(F)F)c2)n1N=Cc1cc([N+](=O)[O-])ccc1OCc1ccc(Br)cc1. The van der Waals surface area contributed by atoms with Gasteiger partial charge in [0.15, 0.2) is 5.82 Å². The Labute approximate surface area is 238 Å². The topological polar surface area (TPSA) is 99.6 Å². The van der Waals surface area contributed by atoms with Crippen molar-refractivity contribution < 1.29 is 22.8 Å². The molecule has 206 valence electrons. The molecule has 5 aromatic rings. The largest absolute Gasteiger partial charge is 0.488 e. The van der Waals surface area contributed by atoms with Gasteiger partial charge in [-0.25, -0.2) is 4.98 Å². The number of aromatic nitrogens is 2. The lowest BCUT2D eigenvalue weighted by Crippen LogP contribution is -2.20. The predicted octanol–water partition coefficient (Wildman–Crippen LogP) is 7.21. The van der Waals surface area contributed by atoms with E-state index in [0.29, 0.717) is 0 Å². The van der Waals surface area contributed by atoms with Gasteiger partial charge in [0, 0.05) is 27.7 Å². The van der Waals surface area contributed by atoms with E-state index in [1.807, 2.05) is 24.3 Å². The zero-order valence-corrected chi connectivity index (χ0v) is 22.5. The van der Waals surface area contributed by atoms with E-state index in [9.17, 15) is 28.1 Å². The van der Waals surface area contributed by atoms with E-state index < -0.39 is 22.2 Å². The van der Waals surface area contributed by atoms with Crippen molar-refractivity contribution in [3.05, 3.63) is 133 Å². The van der Waals surface area contributed by atoms with Crippen LogP contribution in [-0.4, -0.2) is 20.8 Å². The normalized spacial score (nSPS) is 11.7. The molecule has 0 unspecified atom stereocenters. The fourth-order valence-corrected chi connectivity index (χ4v) is 4.26. The summed E-state index contributed by atoms with van der Waals surface area (Å²) in [5.41, 5.74) is -0.528. The summed E-state index contributed by atoms with van der Waals surface area (Å²) in [5, 5.41) is 15.9. The fourth-order valence-electron chi connectivity index (χ4n) is 4.00. The summed E-state index contributed by atoms with van der Waals surface area (Å²) in [4.78, 5) is 28.8. The highest BCUT2D eigenvalue weighted by molar-refractivity contribution is 9.10. The monoisotopic (exact) mass is 622 g/mol. The van der Waals surface area contributed by atoms with Gasteiger partial charge in [-0.2, -0.15) is 22.9 Å². The van der Waals surface area contributed by atoms with E-state index in [4.69, 9.17) is 4.74 Å². The molecule has 0 aliphatic heterocycles. The molecule has 0 amide bonds. The second kappa shape index (κ2) is 11.3. The molecule has 0 aliphatic carbocycles. The summed E-state index contributed by atoms with van der Waals surface area (Å²) in [6, 6.07) is 22.0. The van der Waals surface area contributed by atoms with Crippen LogP contribution in [0, 0.1) is 10.1 Å². The number of nitrogens with zero attached hydrogens (tertiary/aromatic N) is 4. The molecule has 0 atom stereocenters. The van der Waals surface area contributed by atoms with E-state index in [2.05, 4.69) is 26.0 Å². The zero-order valence-electron chi connectivity index (χ0n) is 20.9. The number of para-hydroxylation sites is 1. The Hall–Kier alpha value is -4.84. The maximum Gasteiger partial charge on any atom is 0.416 e. The number of rotatable bonds is 7. The number of hydrogen-bond acceptors (Lipinski definition) is 6. The average molecular weight is 623 g/mol. The Morgan fingerprint density at radius 2 is 1.76 bits per heavy atom. The molecule has 1 aromatic heterocycles. The molecular formula is C29H18BrF3N4O4. The van der Waals surface area contributed by atoms with Gasteiger partial charge in [-0.05, 0) is 48.0 Å². The van der Waals surface area contributed by atoms with E-state index >= 15 is 0 Å². The number of fused-ring (bicyclic) bond motifs is 1. The number of benzene rings is 4. The lowest BCUT2D eigenvalue weighted by atomic mass is 10.1. The second-order valence-corrected chi connectivity index (χ2v) is 9.70. The number of hydrogen-bond donors (Lipinski definition) is 0. The van der Waals surface area contributed by atoms with Crippen LogP contribution in [0.3, 0.4) is 0 Å². The van der Waals surface area contributed by atoms with E-state index in [-0.39, 0.29) is 45.9 Å². The van der Waals surface area contributed by atoms with Crippen LogP contribution in [0.15, 0.2) is 105 Å². The van der Waals surface area contributed by atoms with Crippen LogP contribution in [-0.2, 0) is 12.8 Å². The lowest BCUT2D eigenvalue weighted by molar-refractivity contribution is -0.384. The van der Waals surface area contributed by atoms with Crippen molar-refractivity contribution in [2.24, 2.45) is 5.10 Å². The zero-order chi connectivity index (χ0) is 29.1. The Kier molecular flexibility index (Phi) is 7.66. The summed E-state index contributed by atoms with van der Waals surface area (Å²) < 4.78 is 48.0. The number of halogens is 4. The Bertz CT molecular complexity index is 1850. The first kappa shape index (κ1) is 27.7. The molecule has 1 heterocycles. The lowest BCUT2D eigenvalue weighted by Gasteiger charge is -2.12. The Morgan fingerprint density at radius 3 is 2.49 bits per heavy atom. The third-order valence-corrected chi connectivity index (χ3v) is 6.55. The van der Waals surface area contributed by atoms with Crippen LogP contribution >= 0.6 is 15.9 Å². The molecule has 0 spiro atoms. The van der Waals surface area contributed by atoms with Crippen molar-refractivity contribution in [2.45, 2.75) is 12.8 Å². The van der Waals surface area contributed by atoms with Crippen molar-refractivity contribution in [3.8, 4) is 17.1 Å². The highest BCUT2D eigenvalue weighted by Crippen LogP contribution is 2.32. The fraction of sp³-hybridized carbons (Fsp3) is 0.0690. The molecule has 0 saturated carbocycles. The van der Waals surface area contributed by atoms with Gasteiger partial charge >= 0.3 is 6.18 Å². The summed E-state index contributed by atoms with van der Waals surface area (Å²) in [7, 11) is 0. The molecule has 5 rings (SSSR count). The second-order valence-electron chi connectivity index (χ2n) is 8.79. The molecule has 4 aromatic carbocycles. The van der Waals surface area contributed by atoms with E-state index in [1.54, 1.807) is 18.2 Å². The van der Waals surface area contributed by atoms with Gasteiger partial charge in [0.1, 0.15) is 12.4 Å². The van der Waals surface area contributed by atoms with Crippen molar-refractivity contribution in [1.82, 2.24) is 9.66 Å². The van der Waals surface area contributed by atoms with Crippen LogP contribution in [0.4, 0.5) is 18.9 Å². The van der Waals surface area contributed by atoms with E-state index in [1.165, 1.54) is 42.6 Å². The summed E-state index contributed by atoms with van der Waals surface area (Å²) in [5.74, 6) is 0.100. The third kappa shape index (κ3) is 6.17. The van der Waals surface area contributed by atoms with Gasteiger partial charge in [-0.1, -0.05) is 52.3 Å². The molecule has 8 nitrogen and oxygen atoms in total. The van der Waals surface area contributed by atoms with Gasteiger partial charge in [0.25, 0.3) is 11.2 Å². The highest BCUT2D eigenvalue weighted by atomic mass is 79.9. The van der Waals surface area contributed by atoms with Gasteiger partial charge in [-0.3, -0.25) is 14.9 Å². The third-order valence-electron chi connectivity index (χ3n) is 6.03. The minimum absolute atomic E-state index is 0.00517. The standard InChI is InChI=1S/C29H18BrF3N4O4/c30-22-10-8-18(9-11-22)17-41-26-13-12-23(37(39)40)15-20(26)16-34-36-27(19-4-3-5-21(14-19)29(31,32)33)35-25-7-2-1-6-24(25)28(36)38/h1-16H,17H2. The molecule has 0 saturated heterocycles. The molecule has 12 heteroatoms. The highest BCUT2D eigenvalue weighted by Gasteiger charge is 2.31. The summed E-state index contributed by atoms with van der Waals surface area (Å²) in [6.07, 6.45) is -3.44. The maximum atomic E-state index is 13.5. The number of nitro benzene ring substituents is 1. The first-order chi connectivity index (χ1) is 19.6. The first-order valence-corrected chi connectivity index (χ1v) is 12.8. The summed E-state index contributed by atoms with van der Waals surface area (Å²) in [6.45, 7) is 0.138. The molecule has 41 heavy (non-hydrogen) atoms. The smallest absolute Gasteiger partial charge is 0.416 e.